The number of carboxylic acid groups (broad SMARTS) is 1. The molecule has 0 heterocycles. The number of anilines is 1. The summed E-state index contributed by atoms with van der Waals surface area (Å²) in [5.41, 5.74) is 4.54. The first kappa shape index (κ1) is 10.5. The van der Waals surface area contributed by atoms with Gasteiger partial charge in [-0.3, -0.25) is 4.79 Å². The third kappa shape index (κ3) is 1.69. The van der Waals surface area contributed by atoms with E-state index in [9.17, 15) is 9.18 Å². The van der Waals surface area contributed by atoms with E-state index in [0.29, 0.717) is 0 Å². The average molecular weight is 197 g/mol. The average Bonchev–Trinajstić information content (AvgIpc) is 2.02. The van der Waals surface area contributed by atoms with Crippen LogP contribution in [0.3, 0.4) is 0 Å². The Bertz CT molecular complexity index is 374. The molecule has 0 aliphatic rings. The van der Waals surface area contributed by atoms with Gasteiger partial charge >= 0.3 is 5.97 Å². The van der Waals surface area contributed by atoms with E-state index in [1.54, 1.807) is 0 Å². The molecule has 0 aliphatic heterocycles. The van der Waals surface area contributed by atoms with Crippen LogP contribution in [-0.4, -0.2) is 11.1 Å². The number of halogens is 1. The molecule has 0 bridgehead atoms. The molecule has 1 rings (SSSR count). The Hall–Kier alpha value is -1.58. The highest BCUT2D eigenvalue weighted by atomic mass is 19.1. The van der Waals surface area contributed by atoms with E-state index in [-0.39, 0.29) is 11.3 Å². The normalized spacial score (nSPS) is 11.4. The zero-order valence-corrected chi connectivity index (χ0v) is 8.04. The monoisotopic (exact) mass is 197 g/mol. The second-order valence-electron chi connectivity index (χ2n) is 3.67. The Morgan fingerprint density at radius 1 is 1.50 bits per heavy atom. The Kier molecular flexibility index (Phi) is 2.47. The molecule has 0 spiro atoms. The van der Waals surface area contributed by atoms with E-state index in [1.807, 2.05) is 0 Å². The molecule has 0 saturated heterocycles. The van der Waals surface area contributed by atoms with Crippen molar-refractivity contribution < 1.29 is 14.3 Å². The van der Waals surface area contributed by atoms with Crippen molar-refractivity contribution in [1.82, 2.24) is 0 Å². The van der Waals surface area contributed by atoms with E-state index < -0.39 is 17.2 Å². The van der Waals surface area contributed by atoms with Gasteiger partial charge in [0, 0.05) is 11.3 Å². The smallest absolute Gasteiger partial charge is 0.313 e. The summed E-state index contributed by atoms with van der Waals surface area (Å²) in [7, 11) is 0. The van der Waals surface area contributed by atoms with Crippen molar-refractivity contribution in [2.45, 2.75) is 19.3 Å². The molecule has 0 aliphatic carbocycles. The van der Waals surface area contributed by atoms with Crippen LogP contribution in [-0.2, 0) is 10.2 Å². The summed E-state index contributed by atoms with van der Waals surface area (Å²) in [5.74, 6) is -1.65. The lowest BCUT2D eigenvalue weighted by atomic mass is 9.84. The Balaban J connectivity index is 3.26. The molecule has 0 unspecified atom stereocenters. The third-order valence-electron chi connectivity index (χ3n) is 2.20. The molecule has 4 heteroatoms. The molecule has 0 atom stereocenters. The standard InChI is InChI=1S/C10H12FNO2/c1-10(2,9(13)14)7-4-3-6(12)5-8(7)11/h3-5H,12H2,1-2H3,(H,13,14). The van der Waals surface area contributed by atoms with Crippen molar-refractivity contribution in [2.75, 3.05) is 5.73 Å². The topological polar surface area (TPSA) is 63.3 Å². The largest absolute Gasteiger partial charge is 0.481 e. The van der Waals surface area contributed by atoms with Crippen molar-refractivity contribution in [1.29, 1.82) is 0 Å². The van der Waals surface area contributed by atoms with Gasteiger partial charge in [0.05, 0.1) is 5.41 Å². The number of aliphatic carboxylic acids is 1. The molecule has 1 aromatic carbocycles. The summed E-state index contributed by atoms with van der Waals surface area (Å²) < 4.78 is 13.4. The van der Waals surface area contributed by atoms with E-state index in [4.69, 9.17) is 10.8 Å². The summed E-state index contributed by atoms with van der Waals surface area (Å²) in [6, 6.07) is 4.02. The van der Waals surface area contributed by atoms with Crippen LogP contribution in [0.4, 0.5) is 10.1 Å². The second kappa shape index (κ2) is 3.29. The summed E-state index contributed by atoms with van der Waals surface area (Å²) >= 11 is 0. The number of carboxylic acids is 1. The molecule has 0 fully saturated rings. The fourth-order valence-corrected chi connectivity index (χ4v) is 1.15. The van der Waals surface area contributed by atoms with Crippen LogP contribution in [0, 0.1) is 5.82 Å². The van der Waals surface area contributed by atoms with E-state index in [0.717, 1.165) is 6.07 Å². The van der Waals surface area contributed by atoms with Gasteiger partial charge in [-0.15, -0.1) is 0 Å². The zero-order valence-electron chi connectivity index (χ0n) is 8.04. The van der Waals surface area contributed by atoms with Crippen LogP contribution in [0.25, 0.3) is 0 Å². The molecule has 14 heavy (non-hydrogen) atoms. The molecule has 3 nitrogen and oxygen atoms in total. The van der Waals surface area contributed by atoms with E-state index in [1.165, 1.54) is 26.0 Å². The lowest BCUT2D eigenvalue weighted by Crippen LogP contribution is -2.29. The number of rotatable bonds is 2. The molecule has 76 valence electrons. The lowest BCUT2D eigenvalue weighted by molar-refractivity contribution is -0.142. The predicted molar refractivity (Wildman–Crippen MR) is 51.5 cm³/mol. The van der Waals surface area contributed by atoms with Crippen molar-refractivity contribution in [3.8, 4) is 0 Å². The van der Waals surface area contributed by atoms with Crippen LogP contribution in [0.2, 0.25) is 0 Å². The van der Waals surface area contributed by atoms with Crippen LogP contribution >= 0.6 is 0 Å². The van der Waals surface area contributed by atoms with Gasteiger partial charge in [0.1, 0.15) is 5.82 Å². The van der Waals surface area contributed by atoms with Gasteiger partial charge in [0.25, 0.3) is 0 Å². The fourth-order valence-electron chi connectivity index (χ4n) is 1.15. The Labute approximate surface area is 81.4 Å². The van der Waals surface area contributed by atoms with Crippen molar-refractivity contribution in [3.63, 3.8) is 0 Å². The van der Waals surface area contributed by atoms with Gasteiger partial charge in [-0.1, -0.05) is 6.07 Å². The number of nitrogens with two attached hydrogens (primary N) is 1. The highest BCUT2D eigenvalue weighted by Crippen LogP contribution is 2.27. The van der Waals surface area contributed by atoms with Gasteiger partial charge in [-0.05, 0) is 26.0 Å². The minimum absolute atomic E-state index is 0.138. The molecular weight excluding hydrogens is 185 g/mol. The number of hydrogen-bond acceptors (Lipinski definition) is 2. The maximum Gasteiger partial charge on any atom is 0.313 e. The fraction of sp³-hybridized carbons (Fsp3) is 0.300. The minimum atomic E-state index is -1.24. The quantitative estimate of drug-likeness (QED) is 0.710. The molecule has 0 aromatic heterocycles. The molecular formula is C10H12FNO2. The maximum atomic E-state index is 13.4. The van der Waals surface area contributed by atoms with Crippen molar-refractivity contribution in [3.05, 3.63) is 29.6 Å². The number of nitrogen functional groups attached to an aromatic ring is 1. The van der Waals surface area contributed by atoms with Crippen LogP contribution in [0.5, 0.6) is 0 Å². The van der Waals surface area contributed by atoms with Crippen LogP contribution in [0.1, 0.15) is 19.4 Å². The predicted octanol–water partition coefficient (Wildman–Crippen LogP) is 1.77. The van der Waals surface area contributed by atoms with Crippen LogP contribution in [0.15, 0.2) is 18.2 Å². The maximum absolute atomic E-state index is 13.4. The first-order chi connectivity index (χ1) is 6.35. The summed E-state index contributed by atoms with van der Waals surface area (Å²) in [5, 5.41) is 8.89. The van der Waals surface area contributed by atoms with Crippen molar-refractivity contribution in [2.24, 2.45) is 0 Å². The van der Waals surface area contributed by atoms with Crippen LogP contribution < -0.4 is 5.73 Å². The van der Waals surface area contributed by atoms with E-state index >= 15 is 0 Å². The first-order valence-corrected chi connectivity index (χ1v) is 4.14. The van der Waals surface area contributed by atoms with E-state index in [2.05, 4.69) is 0 Å². The SMILES string of the molecule is CC(C)(C(=O)O)c1ccc(N)cc1F. The second-order valence-corrected chi connectivity index (χ2v) is 3.67. The highest BCUT2D eigenvalue weighted by molar-refractivity contribution is 5.80. The lowest BCUT2D eigenvalue weighted by Gasteiger charge is -2.20. The van der Waals surface area contributed by atoms with Gasteiger partial charge in [-0.25, -0.2) is 4.39 Å². The summed E-state index contributed by atoms with van der Waals surface area (Å²) in [4.78, 5) is 10.9. The number of hydrogen-bond donors (Lipinski definition) is 2. The molecule has 0 amide bonds. The Morgan fingerprint density at radius 2 is 2.07 bits per heavy atom. The minimum Gasteiger partial charge on any atom is -0.481 e. The van der Waals surface area contributed by atoms with Gasteiger partial charge in [-0.2, -0.15) is 0 Å². The summed E-state index contributed by atoms with van der Waals surface area (Å²) in [6.45, 7) is 2.90. The number of carbonyl (C=O) groups is 1. The molecule has 0 saturated carbocycles. The third-order valence-corrected chi connectivity index (χ3v) is 2.20. The van der Waals surface area contributed by atoms with Gasteiger partial charge in [0.2, 0.25) is 0 Å². The Morgan fingerprint density at radius 3 is 2.50 bits per heavy atom. The molecule has 0 radical (unpaired) electrons. The van der Waals surface area contributed by atoms with Gasteiger partial charge in [0.15, 0.2) is 0 Å². The van der Waals surface area contributed by atoms with Gasteiger partial charge < -0.3 is 10.8 Å². The van der Waals surface area contributed by atoms with Crippen molar-refractivity contribution >= 4 is 11.7 Å². The summed E-state index contributed by atoms with van der Waals surface area (Å²) in [6.07, 6.45) is 0. The molecule has 3 N–H and O–H groups in total. The molecule has 1 aromatic rings. The highest BCUT2D eigenvalue weighted by Gasteiger charge is 2.32. The first-order valence-electron chi connectivity index (χ1n) is 4.14. The number of benzene rings is 1. The zero-order chi connectivity index (χ0) is 10.9.